The van der Waals surface area contributed by atoms with E-state index in [2.05, 4.69) is 75.3 Å². The first-order valence-corrected chi connectivity index (χ1v) is 11.3. The van der Waals surface area contributed by atoms with Gasteiger partial charge in [0.1, 0.15) is 6.26 Å². The Bertz CT molecular complexity index is 365. The highest BCUT2D eigenvalue weighted by Crippen LogP contribution is 2.62. The van der Waals surface area contributed by atoms with Gasteiger partial charge in [0.15, 0.2) is 0 Å². The molecule has 0 bridgehead atoms. The first-order valence-electron chi connectivity index (χ1n) is 11.3. The first kappa shape index (κ1) is 26.5. The maximum absolute atomic E-state index is 5.45. The zero-order valence-electron chi connectivity index (χ0n) is 20.3. The summed E-state index contributed by atoms with van der Waals surface area (Å²) in [4.78, 5) is 10.9. The summed E-state index contributed by atoms with van der Waals surface area (Å²) in [6, 6.07) is 0. The van der Waals surface area contributed by atoms with E-state index >= 15 is 0 Å². The molecule has 162 valence electrons. The van der Waals surface area contributed by atoms with Crippen molar-refractivity contribution in [3.05, 3.63) is 12.3 Å². The van der Waals surface area contributed by atoms with E-state index in [1.54, 1.807) is 6.26 Å². The van der Waals surface area contributed by atoms with Crippen molar-refractivity contribution in [1.29, 1.82) is 0 Å². The van der Waals surface area contributed by atoms with Crippen molar-refractivity contribution in [2.24, 2.45) is 21.7 Å². The second-order valence-electron chi connectivity index (χ2n) is 11.3. The van der Waals surface area contributed by atoms with E-state index in [4.69, 9.17) is 9.78 Å². The Labute approximate surface area is 171 Å². The van der Waals surface area contributed by atoms with Crippen molar-refractivity contribution in [2.75, 3.05) is 6.61 Å². The molecular formula is C25H50O2. The van der Waals surface area contributed by atoms with Crippen LogP contribution in [0, 0.1) is 21.7 Å². The largest absolute Gasteiger partial charge is 0.346 e. The summed E-state index contributed by atoms with van der Waals surface area (Å²) in [5.41, 5.74) is 0.262. The molecule has 0 radical (unpaired) electrons. The number of rotatable bonds is 12. The lowest BCUT2D eigenvalue weighted by atomic mass is 9.45. The summed E-state index contributed by atoms with van der Waals surface area (Å²) in [7, 11) is 0. The van der Waals surface area contributed by atoms with Gasteiger partial charge in [-0.1, -0.05) is 114 Å². The molecule has 2 heteroatoms. The molecule has 0 N–H and O–H groups in total. The Morgan fingerprint density at radius 1 is 0.593 bits per heavy atom. The molecule has 0 saturated carbocycles. The normalized spacial score (nSPS) is 14.1. The van der Waals surface area contributed by atoms with Gasteiger partial charge in [0.2, 0.25) is 0 Å². The third kappa shape index (κ3) is 8.18. The average Bonchev–Trinajstić information content (AvgIpc) is 2.48. The lowest BCUT2D eigenvalue weighted by Crippen LogP contribution is -2.53. The van der Waals surface area contributed by atoms with Crippen LogP contribution in [-0.4, -0.2) is 6.61 Å². The van der Waals surface area contributed by atoms with Crippen LogP contribution in [-0.2, 0) is 9.78 Å². The van der Waals surface area contributed by atoms with Gasteiger partial charge < -0.3 is 4.89 Å². The number of hydrogen-bond donors (Lipinski definition) is 0. The average molecular weight is 383 g/mol. The van der Waals surface area contributed by atoms with Gasteiger partial charge in [-0.2, -0.15) is 4.89 Å². The van der Waals surface area contributed by atoms with E-state index in [1.165, 1.54) is 44.9 Å². The Balaban J connectivity index is 4.47. The van der Waals surface area contributed by atoms with E-state index in [9.17, 15) is 0 Å². The fraction of sp³-hybridized carbons (Fsp3) is 0.920. The van der Waals surface area contributed by atoms with Crippen LogP contribution in [0.1, 0.15) is 121 Å². The van der Waals surface area contributed by atoms with Crippen molar-refractivity contribution >= 4 is 0 Å². The van der Waals surface area contributed by atoms with Gasteiger partial charge in [-0.3, -0.25) is 0 Å². The van der Waals surface area contributed by atoms with Crippen LogP contribution in [0.15, 0.2) is 12.3 Å². The molecule has 0 aliphatic heterocycles. The molecule has 0 atom stereocenters. The Morgan fingerprint density at radius 3 is 1.41 bits per heavy atom. The van der Waals surface area contributed by atoms with Crippen LogP contribution < -0.4 is 0 Å². The minimum Gasteiger partial charge on any atom is -0.346 e. The molecular weight excluding hydrogens is 332 g/mol. The molecule has 0 rings (SSSR count). The quantitative estimate of drug-likeness (QED) is 0.145. The molecule has 0 spiro atoms. The lowest BCUT2D eigenvalue weighted by molar-refractivity contribution is -0.250. The first-order chi connectivity index (χ1) is 12.3. The SMILES string of the molecule is CCCCCCCCCCOOC=CC(C(C)(C)C)(C(C)(C)C)C(C)(C)C. The summed E-state index contributed by atoms with van der Waals surface area (Å²) >= 11 is 0. The minimum atomic E-state index is -0.0329. The molecule has 27 heavy (non-hydrogen) atoms. The number of hydrogen-bond acceptors (Lipinski definition) is 2. The van der Waals surface area contributed by atoms with Crippen LogP contribution in [0.25, 0.3) is 0 Å². The highest BCUT2D eigenvalue weighted by Gasteiger charge is 2.55. The molecule has 0 aliphatic rings. The molecule has 0 aromatic heterocycles. The predicted molar refractivity (Wildman–Crippen MR) is 120 cm³/mol. The van der Waals surface area contributed by atoms with Gasteiger partial charge in [0.25, 0.3) is 0 Å². The molecule has 0 unspecified atom stereocenters. The van der Waals surface area contributed by atoms with Crippen LogP contribution in [0.3, 0.4) is 0 Å². The summed E-state index contributed by atoms with van der Waals surface area (Å²) in [5.74, 6) is 0. The minimum absolute atomic E-state index is 0.0329. The zero-order chi connectivity index (χ0) is 21.2. The number of allylic oxidation sites excluding steroid dienone is 1. The van der Waals surface area contributed by atoms with Gasteiger partial charge in [-0.25, -0.2) is 0 Å². The van der Waals surface area contributed by atoms with Gasteiger partial charge >= 0.3 is 0 Å². The van der Waals surface area contributed by atoms with Crippen LogP contribution in [0.2, 0.25) is 0 Å². The molecule has 0 saturated heterocycles. The second kappa shape index (κ2) is 11.5. The monoisotopic (exact) mass is 382 g/mol. The van der Waals surface area contributed by atoms with E-state index in [1.807, 2.05) is 0 Å². The molecule has 0 aliphatic carbocycles. The summed E-state index contributed by atoms with van der Waals surface area (Å²) in [6.07, 6.45) is 14.5. The van der Waals surface area contributed by atoms with Gasteiger partial charge in [-0.05, 0) is 28.7 Å². The maximum Gasteiger partial charge on any atom is 0.126 e. The van der Waals surface area contributed by atoms with Crippen molar-refractivity contribution < 1.29 is 9.78 Å². The smallest absolute Gasteiger partial charge is 0.126 e. The molecule has 0 heterocycles. The Kier molecular flexibility index (Phi) is 11.3. The summed E-state index contributed by atoms with van der Waals surface area (Å²) < 4.78 is 0. The molecule has 0 amide bonds. The highest BCUT2D eigenvalue weighted by molar-refractivity contribution is 5.15. The fourth-order valence-corrected chi connectivity index (χ4v) is 5.64. The molecule has 0 aromatic carbocycles. The Hall–Kier alpha value is -0.500. The van der Waals surface area contributed by atoms with E-state index < -0.39 is 0 Å². The van der Waals surface area contributed by atoms with Crippen LogP contribution in [0.4, 0.5) is 0 Å². The third-order valence-electron chi connectivity index (χ3n) is 6.07. The molecule has 2 nitrogen and oxygen atoms in total. The summed E-state index contributed by atoms with van der Waals surface area (Å²) in [6.45, 7) is 23.9. The van der Waals surface area contributed by atoms with E-state index in [0.29, 0.717) is 6.61 Å². The number of unbranched alkanes of at least 4 members (excludes halogenated alkanes) is 7. The van der Waals surface area contributed by atoms with Crippen molar-refractivity contribution in [2.45, 2.75) is 121 Å². The van der Waals surface area contributed by atoms with E-state index in [-0.39, 0.29) is 21.7 Å². The lowest BCUT2D eigenvalue weighted by Gasteiger charge is -2.59. The fourth-order valence-electron chi connectivity index (χ4n) is 5.64. The van der Waals surface area contributed by atoms with E-state index in [0.717, 1.165) is 6.42 Å². The molecule has 0 aromatic rings. The van der Waals surface area contributed by atoms with Crippen molar-refractivity contribution in [3.8, 4) is 0 Å². The Morgan fingerprint density at radius 2 is 1.00 bits per heavy atom. The maximum atomic E-state index is 5.45. The van der Waals surface area contributed by atoms with Crippen LogP contribution in [0.5, 0.6) is 0 Å². The van der Waals surface area contributed by atoms with Crippen molar-refractivity contribution in [3.63, 3.8) is 0 Å². The standard InChI is InChI=1S/C25H50O2/c1-11-12-13-14-15-16-17-18-20-26-27-21-19-25(22(2,3)4,23(5,6)7)24(8,9)10/h19,21H,11-18,20H2,1-10H3. The summed E-state index contributed by atoms with van der Waals surface area (Å²) in [5, 5.41) is 0. The highest BCUT2D eigenvalue weighted by atomic mass is 17.2. The van der Waals surface area contributed by atoms with Crippen molar-refractivity contribution in [1.82, 2.24) is 0 Å². The second-order valence-corrected chi connectivity index (χ2v) is 11.3. The predicted octanol–water partition coefficient (Wildman–Crippen LogP) is 8.71. The topological polar surface area (TPSA) is 18.5 Å². The van der Waals surface area contributed by atoms with Gasteiger partial charge in [-0.15, -0.1) is 0 Å². The molecule has 0 fully saturated rings. The third-order valence-corrected chi connectivity index (χ3v) is 6.07. The van der Waals surface area contributed by atoms with Gasteiger partial charge in [0.05, 0.1) is 6.61 Å². The van der Waals surface area contributed by atoms with Gasteiger partial charge in [0, 0.05) is 5.41 Å². The van der Waals surface area contributed by atoms with Crippen LogP contribution >= 0.6 is 0 Å². The zero-order valence-corrected chi connectivity index (χ0v) is 20.3.